The van der Waals surface area contributed by atoms with Crippen LogP contribution in [0.3, 0.4) is 0 Å². The number of benzene rings is 1. The van der Waals surface area contributed by atoms with Crippen LogP contribution in [0.5, 0.6) is 0 Å². The van der Waals surface area contributed by atoms with Gasteiger partial charge in [-0.3, -0.25) is 9.78 Å². The summed E-state index contributed by atoms with van der Waals surface area (Å²) in [6.07, 6.45) is 6.76. The smallest absolute Gasteiger partial charge is 0.253 e. The molecule has 0 saturated carbocycles. The lowest BCUT2D eigenvalue weighted by Gasteiger charge is -2.06. The summed E-state index contributed by atoms with van der Waals surface area (Å²) < 4.78 is 0. The average Bonchev–Trinajstić information content (AvgIpc) is 2.62. The zero-order chi connectivity index (χ0) is 16.1. The predicted molar refractivity (Wildman–Crippen MR) is 87.6 cm³/mol. The van der Waals surface area contributed by atoms with Gasteiger partial charge < -0.3 is 5.32 Å². The number of rotatable bonds is 4. The Labute approximate surface area is 134 Å². The molecule has 0 bridgehead atoms. The highest BCUT2D eigenvalue weighted by Crippen LogP contribution is 2.18. The lowest BCUT2D eigenvalue weighted by Crippen LogP contribution is -2.24. The van der Waals surface area contributed by atoms with Crippen molar-refractivity contribution in [2.45, 2.75) is 13.5 Å². The van der Waals surface area contributed by atoms with Crippen LogP contribution in [0.2, 0.25) is 0 Å². The molecule has 0 aliphatic carbocycles. The fraction of sp³-hybridized carbons (Fsp3) is 0.111. The van der Waals surface area contributed by atoms with Crippen molar-refractivity contribution in [3.8, 4) is 11.1 Å². The highest BCUT2D eigenvalue weighted by atomic mass is 16.1. The normalized spacial score (nSPS) is 10.3. The SMILES string of the molecule is Cc1cnc(CNC(=O)c2cncc(-c3ccccc3)c2)nc1. The number of carbonyl (C=O) groups is 1. The largest absolute Gasteiger partial charge is 0.345 e. The highest BCUT2D eigenvalue weighted by Gasteiger charge is 2.08. The number of carbonyl (C=O) groups excluding carboxylic acids is 1. The minimum absolute atomic E-state index is 0.195. The van der Waals surface area contributed by atoms with Crippen LogP contribution in [-0.2, 0) is 6.54 Å². The molecular formula is C18H16N4O. The third-order valence-corrected chi connectivity index (χ3v) is 3.35. The van der Waals surface area contributed by atoms with Gasteiger partial charge in [-0.25, -0.2) is 9.97 Å². The number of nitrogens with zero attached hydrogens (tertiary/aromatic N) is 3. The van der Waals surface area contributed by atoms with Crippen LogP contribution in [0.4, 0.5) is 0 Å². The maximum Gasteiger partial charge on any atom is 0.253 e. The van der Waals surface area contributed by atoms with E-state index in [2.05, 4.69) is 20.3 Å². The molecule has 0 atom stereocenters. The minimum atomic E-state index is -0.195. The predicted octanol–water partition coefficient (Wildman–Crippen LogP) is 2.78. The molecule has 2 aromatic heterocycles. The molecule has 0 unspecified atom stereocenters. The van der Waals surface area contributed by atoms with Gasteiger partial charge in [0.25, 0.3) is 5.91 Å². The number of pyridine rings is 1. The Bertz CT molecular complexity index is 801. The molecule has 0 saturated heterocycles. The average molecular weight is 304 g/mol. The highest BCUT2D eigenvalue weighted by molar-refractivity contribution is 5.94. The molecule has 0 fully saturated rings. The van der Waals surface area contributed by atoms with E-state index in [0.717, 1.165) is 16.7 Å². The molecule has 3 aromatic rings. The van der Waals surface area contributed by atoms with Crippen molar-refractivity contribution in [2.24, 2.45) is 0 Å². The Kier molecular flexibility index (Phi) is 4.38. The van der Waals surface area contributed by atoms with Crippen LogP contribution in [0.25, 0.3) is 11.1 Å². The fourth-order valence-electron chi connectivity index (χ4n) is 2.12. The monoisotopic (exact) mass is 304 g/mol. The van der Waals surface area contributed by atoms with E-state index in [0.29, 0.717) is 11.4 Å². The van der Waals surface area contributed by atoms with E-state index in [1.165, 1.54) is 0 Å². The van der Waals surface area contributed by atoms with E-state index >= 15 is 0 Å². The molecular weight excluding hydrogens is 288 g/mol. The standard InChI is InChI=1S/C18H16N4O/c1-13-8-20-17(21-9-13)12-22-18(23)16-7-15(10-19-11-16)14-5-3-2-4-6-14/h2-11H,12H2,1H3,(H,22,23). The first-order valence-corrected chi connectivity index (χ1v) is 7.28. The summed E-state index contributed by atoms with van der Waals surface area (Å²) in [7, 11) is 0. The molecule has 23 heavy (non-hydrogen) atoms. The first-order chi connectivity index (χ1) is 11.2. The van der Waals surface area contributed by atoms with Gasteiger partial charge in [0.2, 0.25) is 0 Å². The summed E-state index contributed by atoms with van der Waals surface area (Å²) in [5.74, 6) is 0.385. The van der Waals surface area contributed by atoms with Crippen LogP contribution in [-0.4, -0.2) is 20.9 Å². The van der Waals surface area contributed by atoms with Gasteiger partial charge in [0, 0.05) is 30.4 Å². The van der Waals surface area contributed by atoms with Crippen LogP contribution in [0, 0.1) is 6.92 Å². The topological polar surface area (TPSA) is 67.8 Å². The lowest BCUT2D eigenvalue weighted by molar-refractivity contribution is 0.0949. The van der Waals surface area contributed by atoms with Crippen molar-refractivity contribution in [3.05, 3.63) is 78.1 Å². The van der Waals surface area contributed by atoms with E-state index < -0.39 is 0 Å². The second kappa shape index (κ2) is 6.79. The van der Waals surface area contributed by atoms with Gasteiger partial charge in [0.15, 0.2) is 0 Å². The van der Waals surface area contributed by atoms with Gasteiger partial charge in [-0.2, -0.15) is 0 Å². The van der Waals surface area contributed by atoms with E-state index in [1.807, 2.05) is 43.3 Å². The molecule has 0 aliphatic heterocycles. The minimum Gasteiger partial charge on any atom is -0.345 e. The van der Waals surface area contributed by atoms with Crippen molar-refractivity contribution in [1.82, 2.24) is 20.3 Å². The Morgan fingerprint density at radius 2 is 1.74 bits per heavy atom. The molecule has 1 aromatic carbocycles. The zero-order valence-electron chi connectivity index (χ0n) is 12.7. The first kappa shape index (κ1) is 14.8. The Morgan fingerprint density at radius 1 is 1.00 bits per heavy atom. The van der Waals surface area contributed by atoms with Crippen molar-refractivity contribution in [1.29, 1.82) is 0 Å². The first-order valence-electron chi connectivity index (χ1n) is 7.28. The summed E-state index contributed by atoms with van der Waals surface area (Å²) >= 11 is 0. The van der Waals surface area contributed by atoms with Crippen LogP contribution in [0.1, 0.15) is 21.7 Å². The maximum atomic E-state index is 12.3. The summed E-state index contributed by atoms with van der Waals surface area (Å²) in [5, 5.41) is 2.81. The third-order valence-electron chi connectivity index (χ3n) is 3.35. The quantitative estimate of drug-likeness (QED) is 0.805. The molecule has 1 N–H and O–H groups in total. The molecule has 1 amide bonds. The van der Waals surface area contributed by atoms with Gasteiger partial charge in [-0.1, -0.05) is 30.3 Å². The molecule has 3 rings (SSSR count). The summed E-state index contributed by atoms with van der Waals surface area (Å²) in [6.45, 7) is 2.21. The van der Waals surface area contributed by atoms with Gasteiger partial charge >= 0.3 is 0 Å². The number of hydrogen-bond acceptors (Lipinski definition) is 4. The van der Waals surface area contributed by atoms with Crippen molar-refractivity contribution in [2.75, 3.05) is 0 Å². The number of nitrogens with one attached hydrogen (secondary N) is 1. The van der Waals surface area contributed by atoms with E-state index in [9.17, 15) is 4.79 Å². The molecule has 114 valence electrons. The van der Waals surface area contributed by atoms with Crippen LogP contribution in [0.15, 0.2) is 61.2 Å². The van der Waals surface area contributed by atoms with Gasteiger partial charge in [0.05, 0.1) is 12.1 Å². The molecule has 0 spiro atoms. The Morgan fingerprint density at radius 3 is 2.48 bits per heavy atom. The second-order valence-electron chi connectivity index (χ2n) is 5.19. The van der Waals surface area contributed by atoms with E-state index in [4.69, 9.17) is 0 Å². The lowest BCUT2D eigenvalue weighted by atomic mass is 10.1. The van der Waals surface area contributed by atoms with Gasteiger partial charge in [-0.05, 0) is 24.1 Å². The second-order valence-corrected chi connectivity index (χ2v) is 5.19. The van der Waals surface area contributed by atoms with Crippen LogP contribution < -0.4 is 5.32 Å². The molecule has 0 radical (unpaired) electrons. The molecule has 5 heteroatoms. The number of aromatic nitrogens is 3. The van der Waals surface area contributed by atoms with Crippen molar-refractivity contribution in [3.63, 3.8) is 0 Å². The van der Waals surface area contributed by atoms with Gasteiger partial charge in [0.1, 0.15) is 5.82 Å². The van der Waals surface area contributed by atoms with E-state index in [1.54, 1.807) is 24.8 Å². The number of hydrogen-bond donors (Lipinski definition) is 1. The molecule has 0 aliphatic rings. The molecule has 5 nitrogen and oxygen atoms in total. The van der Waals surface area contributed by atoms with Crippen molar-refractivity contribution < 1.29 is 4.79 Å². The van der Waals surface area contributed by atoms with Gasteiger partial charge in [-0.15, -0.1) is 0 Å². The third kappa shape index (κ3) is 3.77. The molecule has 2 heterocycles. The summed E-state index contributed by atoms with van der Waals surface area (Å²) in [5.41, 5.74) is 3.43. The van der Waals surface area contributed by atoms with E-state index in [-0.39, 0.29) is 12.5 Å². The number of aryl methyl sites for hydroxylation is 1. The summed E-state index contributed by atoms with van der Waals surface area (Å²) in [6, 6.07) is 11.7. The Balaban J connectivity index is 1.71. The van der Waals surface area contributed by atoms with Crippen LogP contribution >= 0.6 is 0 Å². The maximum absolute atomic E-state index is 12.3. The number of amides is 1. The fourth-order valence-corrected chi connectivity index (χ4v) is 2.12. The Hall–Kier alpha value is -3.08. The summed E-state index contributed by atoms with van der Waals surface area (Å²) in [4.78, 5) is 24.8. The zero-order valence-corrected chi connectivity index (χ0v) is 12.7. The van der Waals surface area contributed by atoms with Crippen molar-refractivity contribution >= 4 is 5.91 Å².